The van der Waals surface area contributed by atoms with Gasteiger partial charge in [0.05, 0.1) is 19.3 Å². The van der Waals surface area contributed by atoms with Gasteiger partial charge in [-0.1, -0.05) is 42.0 Å². The zero-order chi connectivity index (χ0) is 25.9. The topological polar surface area (TPSA) is 50.0 Å². The van der Waals surface area contributed by atoms with E-state index in [1.54, 1.807) is 0 Å². The molecule has 0 bridgehead atoms. The Morgan fingerprint density at radius 1 is 0.974 bits per heavy atom. The van der Waals surface area contributed by atoms with Crippen molar-refractivity contribution in [3.63, 3.8) is 0 Å². The average molecular weight is 528 g/mol. The number of rotatable bonds is 6. The normalized spacial score (nSPS) is 17.8. The van der Waals surface area contributed by atoms with Crippen LogP contribution in [0, 0.1) is 6.92 Å². The third-order valence-electron chi connectivity index (χ3n) is 7.44. The first kappa shape index (κ1) is 24.9. The summed E-state index contributed by atoms with van der Waals surface area (Å²) in [6, 6.07) is 24.7. The molecule has 2 aliphatic rings. The number of nitrogens with zero attached hydrogens (tertiary/aromatic N) is 2. The molecule has 0 saturated carbocycles. The Hall–Kier alpha value is -3.39. The van der Waals surface area contributed by atoms with Gasteiger partial charge in [-0.05, 0) is 73.1 Å². The second-order valence-electron chi connectivity index (χ2n) is 9.96. The van der Waals surface area contributed by atoms with Gasteiger partial charge in [-0.3, -0.25) is 4.90 Å². The van der Waals surface area contributed by atoms with Crippen molar-refractivity contribution in [2.45, 2.75) is 19.4 Å². The lowest BCUT2D eigenvalue weighted by atomic mass is 9.92. The number of thiocarbonyl (C=S) groups is 1. The van der Waals surface area contributed by atoms with E-state index in [-0.39, 0.29) is 6.04 Å². The van der Waals surface area contributed by atoms with E-state index in [0.29, 0.717) is 11.8 Å². The van der Waals surface area contributed by atoms with E-state index in [1.807, 2.05) is 30.3 Å². The number of nitrogens with one attached hydrogen (secondary N) is 1. The van der Waals surface area contributed by atoms with Crippen molar-refractivity contribution in [1.82, 2.24) is 14.8 Å². The van der Waals surface area contributed by atoms with Crippen molar-refractivity contribution in [3.8, 4) is 11.5 Å². The number of hydrogen-bond donors (Lipinski definition) is 1. The van der Waals surface area contributed by atoms with E-state index in [2.05, 4.69) is 64.2 Å². The summed E-state index contributed by atoms with van der Waals surface area (Å²) in [5.41, 5.74) is 6.11. The third kappa shape index (κ3) is 5.27. The minimum atomic E-state index is -0.0786. The Morgan fingerprint density at radius 3 is 2.55 bits per heavy atom. The van der Waals surface area contributed by atoms with Crippen LogP contribution in [-0.4, -0.2) is 66.0 Å². The summed E-state index contributed by atoms with van der Waals surface area (Å²) >= 11 is 5.86. The molecule has 0 aliphatic carbocycles. The molecule has 6 rings (SSSR count). The second-order valence-corrected chi connectivity index (χ2v) is 10.3. The molecule has 38 heavy (non-hydrogen) atoms. The molecule has 1 atom stereocenters. The van der Waals surface area contributed by atoms with E-state index in [0.717, 1.165) is 68.4 Å². The SMILES string of the molecule is Cc1ccc2[nH]c3c(c2c1)CCN(C(=S)Oc1ccccc1)C3c1ccc(OCCN2CCOCC2)cc1. The van der Waals surface area contributed by atoms with Crippen LogP contribution in [0.15, 0.2) is 72.8 Å². The predicted molar refractivity (Wildman–Crippen MR) is 154 cm³/mol. The first-order valence-corrected chi connectivity index (χ1v) is 13.7. The molecule has 196 valence electrons. The maximum Gasteiger partial charge on any atom is 0.265 e. The molecule has 2 aliphatic heterocycles. The number of para-hydroxylation sites is 1. The first-order valence-electron chi connectivity index (χ1n) is 13.3. The second kappa shape index (κ2) is 11.2. The number of H-pyrrole nitrogens is 1. The molecule has 1 fully saturated rings. The van der Waals surface area contributed by atoms with Crippen molar-refractivity contribution in [1.29, 1.82) is 0 Å². The fourth-order valence-electron chi connectivity index (χ4n) is 5.46. The number of ether oxygens (including phenoxy) is 3. The standard InChI is InChI=1S/C31H33N3O3S/c1-22-7-12-28-27(21-22)26-13-14-34(31(38)37-25-5-3-2-4-6-25)30(29(26)32-28)23-8-10-24(11-9-23)36-20-17-33-15-18-35-19-16-33/h2-12,21,30,32H,13-20H2,1H3. The summed E-state index contributed by atoms with van der Waals surface area (Å²) in [6.45, 7) is 8.04. The lowest BCUT2D eigenvalue weighted by Gasteiger charge is -2.37. The Balaban J connectivity index is 1.26. The maximum atomic E-state index is 6.15. The van der Waals surface area contributed by atoms with Crippen LogP contribution in [0.25, 0.3) is 10.9 Å². The molecule has 3 aromatic carbocycles. The lowest BCUT2D eigenvalue weighted by Crippen LogP contribution is -2.42. The highest BCUT2D eigenvalue weighted by molar-refractivity contribution is 7.80. The van der Waals surface area contributed by atoms with Gasteiger partial charge in [-0.2, -0.15) is 0 Å². The van der Waals surface area contributed by atoms with E-state index >= 15 is 0 Å². The zero-order valence-corrected chi connectivity index (χ0v) is 22.5. The Morgan fingerprint density at radius 2 is 1.76 bits per heavy atom. The van der Waals surface area contributed by atoms with Crippen LogP contribution < -0.4 is 9.47 Å². The molecule has 0 amide bonds. The summed E-state index contributed by atoms with van der Waals surface area (Å²) < 4.78 is 17.7. The Kier molecular flexibility index (Phi) is 7.31. The number of aromatic nitrogens is 1. The zero-order valence-electron chi connectivity index (χ0n) is 21.7. The monoisotopic (exact) mass is 527 g/mol. The summed E-state index contributed by atoms with van der Waals surface area (Å²) in [5.74, 6) is 1.62. The Bertz CT molecular complexity index is 1400. The van der Waals surface area contributed by atoms with Gasteiger partial charge in [0.25, 0.3) is 5.17 Å². The minimum Gasteiger partial charge on any atom is -0.492 e. The van der Waals surface area contributed by atoms with E-state index < -0.39 is 0 Å². The highest BCUT2D eigenvalue weighted by Crippen LogP contribution is 2.39. The van der Waals surface area contributed by atoms with Crippen LogP contribution in [0.5, 0.6) is 11.5 Å². The van der Waals surface area contributed by atoms with Gasteiger partial charge >= 0.3 is 0 Å². The molecule has 1 N–H and O–H groups in total. The van der Waals surface area contributed by atoms with E-state index in [1.165, 1.54) is 22.2 Å². The van der Waals surface area contributed by atoms with Gasteiger partial charge in [-0.25, -0.2) is 0 Å². The van der Waals surface area contributed by atoms with Crippen LogP contribution in [0.3, 0.4) is 0 Å². The van der Waals surface area contributed by atoms with Gasteiger partial charge in [-0.15, -0.1) is 0 Å². The lowest BCUT2D eigenvalue weighted by molar-refractivity contribution is 0.0322. The number of aromatic amines is 1. The van der Waals surface area contributed by atoms with E-state index in [9.17, 15) is 0 Å². The molecule has 1 saturated heterocycles. The van der Waals surface area contributed by atoms with Gasteiger partial charge < -0.3 is 24.1 Å². The molecule has 4 aromatic rings. The number of benzene rings is 3. The van der Waals surface area contributed by atoms with E-state index in [4.69, 9.17) is 26.4 Å². The molecular weight excluding hydrogens is 494 g/mol. The van der Waals surface area contributed by atoms with Gasteiger partial charge in [0.1, 0.15) is 18.1 Å². The maximum absolute atomic E-state index is 6.15. The summed E-state index contributed by atoms with van der Waals surface area (Å²) in [4.78, 5) is 8.30. The molecule has 3 heterocycles. The van der Waals surface area contributed by atoms with Crippen LogP contribution in [-0.2, 0) is 11.2 Å². The van der Waals surface area contributed by atoms with Crippen molar-refractivity contribution >= 4 is 28.3 Å². The largest absolute Gasteiger partial charge is 0.492 e. The van der Waals surface area contributed by atoms with Crippen LogP contribution >= 0.6 is 12.2 Å². The predicted octanol–water partition coefficient (Wildman–Crippen LogP) is 5.50. The van der Waals surface area contributed by atoms with Crippen molar-refractivity contribution in [3.05, 3.63) is 95.2 Å². The Labute approximate surface area is 229 Å². The van der Waals surface area contributed by atoms with Gasteiger partial charge in [0, 0.05) is 42.8 Å². The molecular formula is C31H33N3O3S. The smallest absolute Gasteiger partial charge is 0.265 e. The van der Waals surface area contributed by atoms with Gasteiger partial charge in [0.2, 0.25) is 0 Å². The van der Waals surface area contributed by atoms with Gasteiger partial charge in [0.15, 0.2) is 0 Å². The minimum absolute atomic E-state index is 0.0786. The average Bonchev–Trinajstić information content (AvgIpc) is 3.32. The molecule has 1 aromatic heterocycles. The first-order chi connectivity index (χ1) is 18.7. The summed E-state index contributed by atoms with van der Waals surface area (Å²) in [7, 11) is 0. The van der Waals surface area contributed by atoms with Crippen LogP contribution in [0.4, 0.5) is 0 Å². The molecule has 6 nitrogen and oxygen atoms in total. The number of fused-ring (bicyclic) bond motifs is 3. The molecule has 7 heteroatoms. The van der Waals surface area contributed by atoms with Crippen LogP contribution in [0.1, 0.15) is 28.4 Å². The molecule has 0 radical (unpaired) electrons. The van der Waals surface area contributed by atoms with Crippen molar-refractivity contribution in [2.24, 2.45) is 0 Å². The fraction of sp³-hybridized carbons (Fsp3) is 0.323. The molecule has 0 spiro atoms. The third-order valence-corrected chi connectivity index (χ3v) is 7.76. The quantitative estimate of drug-likeness (QED) is 0.334. The summed E-state index contributed by atoms with van der Waals surface area (Å²) in [5, 5.41) is 1.77. The van der Waals surface area contributed by atoms with Crippen molar-refractivity contribution in [2.75, 3.05) is 46.0 Å². The fourth-order valence-corrected chi connectivity index (χ4v) is 5.75. The number of aryl methyl sites for hydroxylation is 1. The highest BCUT2D eigenvalue weighted by atomic mass is 32.1. The van der Waals surface area contributed by atoms with Crippen molar-refractivity contribution < 1.29 is 14.2 Å². The number of morpholine rings is 1. The van der Waals surface area contributed by atoms with Crippen LogP contribution in [0.2, 0.25) is 0 Å². The number of hydrogen-bond acceptors (Lipinski definition) is 5. The highest BCUT2D eigenvalue weighted by Gasteiger charge is 2.34. The molecule has 1 unspecified atom stereocenters. The summed E-state index contributed by atoms with van der Waals surface area (Å²) in [6.07, 6.45) is 0.899.